The van der Waals surface area contributed by atoms with E-state index in [1.54, 1.807) is 0 Å². The molecule has 1 aliphatic heterocycles. The number of likely N-dealkylation sites (N-methyl/N-ethyl adjacent to an activating group) is 2. The molecule has 1 atom stereocenters. The highest BCUT2D eigenvalue weighted by atomic mass is 16.2. The van der Waals surface area contributed by atoms with Crippen LogP contribution in [0.15, 0.2) is 30.3 Å². The Morgan fingerprint density at radius 2 is 2.00 bits per heavy atom. The van der Waals surface area contributed by atoms with E-state index < -0.39 is 0 Å². The minimum absolute atomic E-state index is 0.000929. The van der Waals surface area contributed by atoms with Crippen LogP contribution in [0.1, 0.15) is 19.8 Å². The summed E-state index contributed by atoms with van der Waals surface area (Å²) in [4.78, 5) is 19.3. The molecule has 0 saturated carbocycles. The van der Waals surface area contributed by atoms with Gasteiger partial charge in [-0.05, 0) is 52.2 Å². The standard InChI is InChI=1S/C18H30N4O/c1-4-21-12-8-11-17(21)15-22(14-13-20(2)3)18(23)19-16-9-6-5-7-10-16/h5-7,9-10,17H,4,8,11-15H2,1-3H3,(H,19,23). The van der Waals surface area contributed by atoms with Crippen LogP contribution in [-0.4, -0.2) is 73.6 Å². The van der Waals surface area contributed by atoms with Gasteiger partial charge in [-0.3, -0.25) is 4.90 Å². The predicted molar refractivity (Wildman–Crippen MR) is 95.9 cm³/mol. The number of carbonyl (C=O) groups excluding carboxylic acids is 1. The van der Waals surface area contributed by atoms with Crippen LogP contribution in [0, 0.1) is 0 Å². The number of para-hydroxylation sites is 1. The first-order valence-corrected chi connectivity index (χ1v) is 8.60. The van der Waals surface area contributed by atoms with Gasteiger partial charge in [-0.25, -0.2) is 4.79 Å². The molecule has 1 fully saturated rings. The van der Waals surface area contributed by atoms with Crippen molar-refractivity contribution in [3.63, 3.8) is 0 Å². The summed E-state index contributed by atoms with van der Waals surface area (Å²) in [5, 5.41) is 3.02. The lowest BCUT2D eigenvalue weighted by molar-refractivity contribution is 0.172. The van der Waals surface area contributed by atoms with Gasteiger partial charge in [0.15, 0.2) is 0 Å². The molecule has 0 aliphatic carbocycles. The van der Waals surface area contributed by atoms with Crippen molar-refractivity contribution >= 4 is 11.7 Å². The first kappa shape index (κ1) is 17.8. The van der Waals surface area contributed by atoms with Crippen molar-refractivity contribution in [2.75, 3.05) is 52.1 Å². The molecular weight excluding hydrogens is 288 g/mol. The molecule has 1 saturated heterocycles. The average Bonchev–Trinajstić information content (AvgIpc) is 2.99. The van der Waals surface area contributed by atoms with Crippen LogP contribution in [0.4, 0.5) is 10.5 Å². The second kappa shape index (κ2) is 8.89. The third kappa shape index (κ3) is 5.52. The van der Waals surface area contributed by atoms with Gasteiger partial charge in [-0.1, -0.05) is 25.1 Å². The maximum atomic E-state index is 12.7. The second-order valence-corrected chi connectivity index (χ2v) is 6.47. The lowest BCUT2D eigenvalue weighted by Crippen LogP contribution is -2.46. The summed E-state index contributed by atoms with van der Waals surface area (Å²) in [6.45, 7) is 6.85. The first-order chi connectivity index (χ1) is 11.1. The van der Waals surface area contributed by atoms with E-state index in [4.69, 9.17) is 0 Å². The Labute approximate surface area is 140 Å². The molecular formula is C18H30N4O. The van der Waals surface area contributed by atoms with Crippen molar-refractivity contribution in [3.8, 4) is 0 Å². The molecule has 1 aromatic carbocycles. The zero-order chi connectivity index (χ0) is 16.7. The molecule has 2 rings (SSSR count). The molecule has 0 spiro atoms. The number of hydrogen-bond donors (Lipinski definition) is 1. The topological polar surface area (TPSA) is 38.8 Å². The predicted octanol–water partition coefficient (Wildman–Crippen LogP) is 2.57. The largest absolute Gasteiger partial charge is 0.322 e. The summed E-state index contributed by atoms with van der Waals surface area (Å²) >= 11 is 0. The molecule has 23 heavy (non-hydrogen) atoms. The van der Waals surface area contributed by atoms with Gasteiger partial charge in [0.05, 0.1) is 0 Å². The fourth-order valence-corrected chi connectivity index (χ4v) is 3.09. The maximum Gasteiger partial charge on any atom is 0.321 e. The summed E-state index contributed by atoms with van der Waals surface area (Å²) in [7, 11) is 4.09. The van der Waals surface area contributed by atoms with E-state index in [-0.39, 0.29) is 6.03 Å². The minimum atomic E-state index is 0.000929. The van der Waals surface area contributed by atoms with Crippen molar-refractivity contribution in [2.24, 2.45) is 0 Å². The lowest BCUT2D eigenvalue weighted by Gasteiger charge is -2.31. The van der Waals surface area contributed by atoms with Crippen molar-refractivity contribution in [1.29, 1.82) is 0 Å². The van der Waals surface area contributed by atoms with Gasteiger partial charge < -0.3 is 15.1 Å². The quantitative estimate of drug-likeness (QED) is 0.840. The van der Waals surface area contributed by atoms with Crippen molar-refractivity contribution in [3.05, 3.63) is 30.3 Å². The van der Waals surface area contributed by atoms with Crippen LogP contribution in [-0.2, 0) is 0 Å². The molecule has 2 amide bonds. The number of carbonyl (C=O) groups is 1. The first-order valence-electron chi connectivity index (χ1n) is 8.60. The molecule has 5 nitrogen and oxygen atoms in total. The molecule has 1 unspecified atom stereocenters. The highest BCUT2D eigenvalue weighted by Gasteiger charge is 2.27. The third-order valence-electron chi connectivity index (χ3n) is 4.47. The van der Waals surface area contributed by atoms with Gasteiger partial charge in [0, 0.05) is 31.4 Å². The van der Waals surface area contributed by atoms with Crippen LogP contribution < -0.4 is 5.32 Å². The number of anilines is 1. The van der Waals surface area contributed by atoms with E-state index in [2.05, 4.69) is 22.0 Å². The minimum Gasteiger partial charge on any atom is -0.322 e. The van der Waals surface area contributed by atoms with Gasteiger partial charge in [-0.2, -0.15) is 0 Å². The number of hydrogen-bond acceptors (Lipinski definition) is 3. The SMILES string of the molecule is CCN1CCCC1CN(CCN(C)C)C(=O)Nc1ccccc1. The molecule has 0 radical (unpaired) electrons. The number of likely N-dealkylation sites (tertiary alicyclic amines) is 1. The van der Waals surface area contributed by atoms with Gasteiger partial charge in [-0.15, -0.1) is 0 Å². The Balaban J connectivity index is 1.99. The number of amides is 2. The highest BCUT2D eigenvalue weighted by Crippen LogP contribution is 2.18. The zero-order valence-corrected chi connectivity index (χ0v) is 14.7. The fraction of sp³-hybridized carbons (Fsp3) is 0.611. The lowest BCUT2D eigenvalue weighted by atomic mass is 10.2. The van der Waals surface area contributed by atoms with Crippen LogP contribution in [0.25, 0.3) is 0 Å². The van der Waals surface area contributed by atoms with Crippen molar-refractivity contribution in [1.82, 2.24) is 14.7 Å². The molecule has 5 heteroatoms. The van der Waals surface area contributed by atoms with Crippen molar-refractivity contribution < 1.29 is 4.79 Å². The maximum absolute atomic E-state index is 12.7. The van der Waals surface area contributed by atoms with E-state index in [1.807, 2.05) is 49.3 Å². The monoisotopic (exact) mass is 318 g/mol. The van der Waals surface area contributed by atoms with Gasteiger partial charge >= 0.3 is 6.03 Å². The van der Waals surface area contributed by atoms with Crippen LogP contribution in [0.3, 0.4) is 0 Å². The van der Waals surface area contributed by atoms with E-state index >= 15 is 0 Å². The van der Waals surface area contributed by atoms with Gasteiger partial charge in [0.25, 0.3) is 0 Å². The number of rotatable bonds is 7. The fourth-order valence-electron chi connectivity index (χ4n) is 3.09. The van der Waals surface area contributed by atoms with E-state index in [9.17, 15) is 4.79 Å². The smallest absolute Gasteiger partial charge is 0.321 e. The molecule has 1 aliphatic rings. The Morgan fingerprint density at radius 3 is 2.65 bits per heavy atom. The molecule has 1 heterocycles. The summed E-state index contributed by atoms with van der Waals surface area (Å²) in [5.41, 5.74) is 0.853. The third-order valence-corrected chi connectivity index (χ3v) is 4.47. The summed E-state index contributed by atoms with van der Waals surface area (Å²) in [6.07, 6.45) is 2.42. The van der Waals surface area contributed by atoms with Crippen molar-refractivity contribution in [2.45, 2.75) is 25.8 Å². The average molecular weight is 318 g/mol. The Hall–Kier alpha value is -1.59. The molecule has 1 aromatic rings. The zero-order valence-electron chi connectivity index (χ0n) is 14.7. The number of nitrogens with zero attached hydrogens (tertiary/aromatic N) is 3. The number of benzene rings is 1. The van der Waals surface area contributed by atoms with E-state index in [1.165, 1.54) is 12.8 Å². The summed E-state index contributed by atoms with van der Waals surface area (Å²) < 4.78 is 0. The van der Waals surface area contributed by atoms with E-state index in [0.717, 1.165) is 38.4 Å². The second-order valence-electron chi connectivity index (χ2n) is 6.47. The molecule has 0 bridgehead atoms. The van der Waals surface area contributed by atoms with Crippen LogP contribution in [0.5, 0.6) is 0 Å². The van der Waals surface area contributed by atoms with E-state index in [0.29, 0.717) is 6.04 Å². The summed E-state index contributed by atoms with van der Waals surface area (Å²) in [5.74, 6) is 0. The number of urea groups is 1. The van der Waals surface area contributed by atoms with Crippen LogP contribution >= 0.6 is 0 Å². The normalized spacial score (nSPS) is 18.3. The Kier molecular flexibility index (Phi) is 6.86. The Morgan fingerprint density at radius 1 is 1.26 bits per heavy atom. The Bertz CT molecular complexity index is 477. The molecule has 1 N–H and O–H groups in total. The molecule has 0 aromatic heterocycles. The van der Waals surface area contributed by atoms with Gasteiger partial charge in [0.2, 0.25) is 0 Å². The highest BCUT2D eigenvalue weighted by molar-refractivity contribution is 5.89. The van der Waals surface area contributed by atoms with Crippen LogP contribution in [0.2, 0.25) is 0 Å². The van der Waals surface area contributed by atoms with Gasteiger partial charge in [0.1, 0.15) is 0 Å². The summed E-state index contributed by atoms with van der Waals surface area (Å²) in [6, 6.07) is 10.2. The molecule has 128 valence electrons. The number of nitrogens with one attached hydrogen (secondary N) is 1.